The van der Waals surface area contributed by atoms with Gasteiger partial charge in [-0.3, -0.25) is 0 Å². The van der Waals surface area contributed by atoms with Crippen LogP contribution in [-0.2, 0) is 32.2 Å². The van der Waals surface area contributed by atoms with Gasteiger partial charge < -0.3 is 28.7 Å². The lowest BCUT2D eigenvalue weighted by Gasteiger charge is -2.31. The molecular formula is C33H44N2O6. The number of hydrogen-bond acceptors (Lipinski definition) is 6. The van der Waals surface area contributed by atoms with Gasteiger partial charge in [-0.25, -0.2) is 9.59 Å². The van der Waals surface area contributed by atoms with Crippen molar-refractivity contribution in [1.82, 2.24) is 9.80 Å². The number of ether oxygens (including phenoxy) is 4. The van der Waals surface area contributed by atoms with E-state index in [9.17, 15) is 9.59 Å². The molecule has 1 aliphatic carbocycles. The second-order valence-corrected chi connectivity index (χ2v) is 9.78. The summed E-state index contributed by atoms with van der Waals surface area (Å²) in [6.07, 6.45) is 7.19. The molecule has 0 fully saturated rings. The molecule has 0 heterocycles. The summed E-state index contributed by atoms with van der Waals surface area (Å²) in [5, 5.41) is 0. The molecule has 0 bridgehead atoms. The van der Waals surface area contributed by atoms with Gasteiger partial charge in [-0.1, -0.05) is 78.9 Å². The lowest BCUT2D eigenvalue weighted by molar-refractivity contribution is -0.140. The second-order valence-electron chi connectivity index (χ2n) is 9.78. The van der Waals surface area contributed by atoms with E-state index in [0.29, 0.717) is 52.0 Å². The predicted octanol–water partition coefficient (Wildman–Crippen LogP) is 6.72. The van der Waals surface area contributed by atoms with Crippen molar-refractivity contribution in [2.24, 2.45) is 0 Å². The number of benzene rings is 2. The molecule has 222 valence electrons. The number of amides is 2. The van der Waals surface area contributed by atoms with Gasteiger partial charge in [-0.05, 0) is 44.2 Å². The van der Waals surface area contributed by atoms with Crippen LogP contribution in [0.2, 0.25) is 0 Å². The van der Waals surface area contributed by atoms with Gasteiger partial charge in [-0.2, -0.15) is 0 Å². The topological polar surface area (TPSA) is 77.5 Å². The second kappa shape index (κ2) is 17.9. The van der Waals surface area contributed by atoms with Crippen LogP contribution in [0.25, 0.3) is 0 Å². The summed E-state index contributed by atoms with van der Waals surface area (Å²) < 4.78 is 22.7. The Bertz CT molecular complexity index is 1070. The minimum Gasteiger partial charge on any atom is -0.445 e. The summed E-state index contributed by atoms with van der Waals surface area (Å²) in [6, 6.07) is 18.8. The predicted molar refractivity (Wildman–Crippen MR) is 159 cm³/mol. The van der Waals surface area contributed by atoms with Crippen molar-refractivity contribution >= 4 is 12.2 Å². The Morgan fingerprint density at radius 2 is 1.32 bits per heavy atom. The molecule has 0 saturated heterocycles. The third kappa shape index (κ3) is 10.7. The molecule has 2 amide bonds. The molecule has 0 spiro atoms. The molecule has 8 heteroatoms. The first-order valence-corrected chi connectivity index (χ1v) is 14.5. The summed E-state index contributed by atoms with van der Waals surface area (Å²) in [5.74, 6) is 0. The number of nitrogens with zero attached hydrogens (tertiary/aromatic N) is 2. The van der Waals surface area contributed by atoms with E-state index in [2.05, 4.69) is 6.58 Å². The lowest BCUT2D eigenvalue weighted by Crippen LogP contribution is -2.44. The van der Waals surface area contributed by atoms with Crippen LogP contribution >= 0.6 is 0 Å². The zero-order chi connectivity index (χ0) is 29.3. The normalized spacial score (nSPS) is 16.0. The molecule has 0 aliphatic heterocycles. The zero-order valence-corrected chi connectivity index (χ0v) is 24.4. The number of rotatable bonds is 17. The van der Waals surface area contributed by atoms with Crippen LogP contribution in [0.15, 0.2) is 85.5 Å². The molecule has 3 rings (SSSR count). The molecule has 0 radical (unpaired) electrons. The fourth-order valence-corrected chi connectivity index (χ4v) is 4.76. The molecule has 2 aromatic carbocycles. The minimum absolute atomic E-state index is 0.188. The Kier molecular flexibility index (Phi) is 14.0. The maximum Gasteiger partial charge on any atom is 0.410 e. The maximum atomic E-state index is 13.4. The van der Waals surface area contributed by atoms with Crippen molar-refractivity contribution in [1.29, 1.82) is 0 Å². The van der Waals surface area contributed by atoms with Crippen LogP contribution in [0, 0.1) is 0 Å². The summed E-state index contributed by atoms with van der Waals surface area (Å²) in [4.78, 5) is 30.0. The Balaban J connectivity index is 1.66. The highest BCUT2D eigenvalue weighted by Gasteiger charge is 2.34. The van der Waals surface area contributed by atoms with E-state index < -0.39 is 6.09 Å². The van der Waals surface area contributed by atoms with Gasteiger partial charge in [0.25, 0.3) is 0 Å². The lowest BCUT2D eigenvalue weighted by atomic mass is 10.1. The van der Waals surface area contributed by atoms with E-state index in [0.717, 1.165) is 11.1 Å². The molecule has 0 saturated carbocycles. The van der Waals surface area contributed by atoms with Crippen molar-refractivity contribution in [3.63, 3.8) is 0 Å². The third-order valence-corrected chi connectivity index (χ3v) is 6.84. The van der Waals surface area contributed by atoms with Crippen LogP contribution in [0.3, 0.4) is 0 Å². The average molecular weight is 565 g/mol. The largest absolute Gasteiger partial charge is 0.445 e. The van der Waals surface area contributed by atoms with E-state index in [1.165, 1.54) is 0 Å². The van der Waals surface area contributed by atoms with Crippen LogP contribution in [0.4, 0.5) is 9.59 Å². The molecule has 0 aromatic heterocycles. The molecule has 8 nitrogen and oxygen atoms in total. The Morgan fingerprint density at radius 1 is 0.829 bits per heavy atom. The first kappa shape index (κ1) is 31.9. The first-order chi connectivity index (χ1) is 20.0. The van der Waals surface area contributed by atoms with Crippen molar-refractivity contribution in [2.75, 3.05) is 26.3 Å². The van der Waals surface area contributed by atoms with Crippen LogP contribution in [-0.4, -0.2) is 66.7 Å². The molecule has 2 atom stereocenters. The van der Waals surface area contributed by atoms with Crippen molar-refractivity contribution < 1.29 is 28.5 Å². The number of carbonyl (C=O) groups is 2. The molecular weight excluding hydrogens is 520 g/mol. The zero-order valence-electron chi connectivity index (χ0n) is 24.4. The summed E-state index contributed by atoms with van der Waals surface area (Å²) in [6.45, 7) is 10.1. The van der Waals surface area contributed by atoms with E-state index in [1.807, 2.05) is 86.7 Å². The highest BCUT2D eigenvalue weighted by molar-refractivity contribution is 5.70. The van der Waals surface area contributed by atoms with Crippen LogP contribution in [0.1, 0.15) is 50.7 Å². The van der Waals surface area contributed by atoms with Gasteiger partial charge in [0.05, 0.1) is 12.1 Å². The van der Waals surface area contributed by atoms with Gasteiger partial charge >= 0.3 is 12.2 Å². The van der Waals surface area contributed by atoms with Gasteiger partial charge in [-0.15, -0.1) is 6.58 Å². The average Bonchev–Trinajstić information content (AvgIpc) is 3.48. The van der Waals surface area contributed by atoms with Crippen molar-refractivity contribution in [3.8, 4) is 0 Å². The fraction of sp³-hybridized carbons (Fsp3) is 0.455. The standard InChI is InChI=1S/C33H44N2O6/c1-4-7-22-34(32(36)40-25-27-15-10-8-11-16-27)29-20-21-30(24-29)35(23-14-19-31(38-5-2)39-6-3)33(37)41-26-28-17-12-9-13-18-28/h4,8-13,15-18,20-21,29-31H,1,5-7,14,19,22-26H2,2-3H3/t29-,30-/m1/s1. The molecule has 2 aromatic rings. The van der Waals surface area contributed by atoms with Gasteiger partial charge in [0.1, 0.15) is 13.2 Å². The van der Waals surface area contributed by atoms with Gasteiger partial charge in [0.15, 0.2) is 6.29 Å². The third-order valence-electron chi connectivity index (χ3n) is 6.84. The Morgan fingerprint density at radius 3 is 1.78 bits per heavy atom. The number of hydrogen-bond donors (Lipinski definition) is 0. The summed E-state index contributed by atoms with van der Waals surface area (Å²) >= 11 is 0. The van der Waals surface area contributed by atoms with Gasteiger partial charge in [0, 0.05) is 32.7 Å². The fourth-order valence-electron chi connectivity index (χ4n) is 4.76. The van der Waals surface area contributed by atoms with E-state index >= 15 is 0 Å². The molecule has 0 N–H and O–H groups in total. The summed E-state index contributed by atoms with van der Waals surface area (Å²) in [5.41, 5.74) is 1.85. The van der Waals surface area contributed by atoms with Crippen molar-refractivity contribution in [2.45, 2.75) is 71.1 Å². The molecule has 1 aliphatic rings. The quantitative estimate of drug-likeness (QED) is 0.157. The molecule has 41 heavy (non-hydrogen) atoms. The van der Waals surface area contributed by atoms with Crippen LogP contribution < -0.4 is 0 Å². The minimum atomic E-state index is -0.391. The van der Waals surface area contributed by atoms with Gasteiger partial charge in [0.2, 0.25) is 0 Å². The molecule has 0 unspecified atom stereocenters. The number of carbonyl (C=O) groups excluding carboxylic acids is 2. The van der Waals surface area contributed by atoms with Crippen LogP contribution in [0.5, 0.6) is 0 Å². The smallest absolute Gasteiger partial charge is 0.410 e. The SMILES string of the molecule is C=CCCN(C(=O)OCc1ccccc1)[C@@H]1C=C[C@@H](N(CCCC(OCC)OCC)C(=O)OCc2ccccc2)C1. The maximum absolute atomic E-state index is 13.4. The monoisotopic (exact) mass is 564 g/mol. The highest BCUT2D eigenvalue weighted by atomic mass is 16.7. The Labute approximate surface area is 244 Å². The van der Waals surface area contributed by atoms with Crippen molar-refractivity contribution in [3.05, 3.63) is 96.6 Å². The summed E-state index contributed by atoms with van der Waals surface area (Å²) in [7, 11) is 0. The van der Waals surface area contributed by atoms with E-state index in [4.69, 9.17) is 18.9 Å². The Hall–Kier alpha value is -3.62. The van der Waals surface area contributed by atoms with E-state index in [1.54, 1.807) is 15.9 Å². The highest BCUT2D eigenvalue weighted by Crippen LogP contribution is 2.25. The first-order valence-electron chi connectivity index (χ1n) is 14.5. The van der Waals surface area contributed by atoms with E-state index in [-0.39, 0.29) is 37.7 Å².